The van der Waals surface area contributed by atoms with Crippen molar-refractivity contribution in [2.24, 2.45) is 0 Å². The van der Waals surface area contributed by atoms with Crippen LogP contribution < -0.4 is 0 Å². The minimum absolute atomic E-state index is 0.215. The van der Waals surface area contributed by atoms with E-state index in [0.717, 1.165) is 27.6 Å². The fourth-order valence-electron chi connectivity index (χ4n) is 8.86. The summed E-state index contributed by atoms with van der Waals surface area (Å²) < 4.78 is 2.26. The van der Waals surface area contributed by atoms with Crippen LogP contribution in [0.1, 0.15) is 25.0 Å². The number of rotatable bonds is 3. The second-order valence-electron chi connectivity index (χ2n) is 14.6. The monoisotopic (exact) mass is 663 g/mol. The van der Waals surface area contributed by atoms with Gasteiger partial charge in [-0.25, -0.2) is 9.97 Å². The average molecular weight is 664 g/mol. The molecular formula is C49H33N3. The molecule has 0 spiro atoms. The molecule has 3 nitrogen and oxygen atoms in total. The highest BCUT2D eigenvalue weighted by Gasteiger charge is 2.35. The first-order valence-electron chi connectivity index (χ1n) is 18.0. The molecule has 1 aliphatic rings. The number of hydrogen-bond acceptors (Lipinski definition) is 2. The first-order chi connectivity index (χ1) is 25.5. The molecule has 8 aromatic carbocycles. The molecule has 0 saturated carbocycles. The molecule has 244 valence electrons. The second-order valence-corrected chi connectivity index (χ2v) is 14.6. The third kappa shape index (κ3) is 4.08. The van der Waals surface area contributed by atoms with Gasteiger partial charge in [0.1, 0.15) is 0 Å². The highest BCUT2D eigenvalue weighted by molar-refractivity contribution is 6.16. The number of hydrogen-bond donors (Lipinski definition) is 0. The number of para-hydroxylation sites is 1. The van der Waals surface area contributed by atoms with Crippen LogP contribution in [0.3, 0.4) is 0 Å². The summed E-state index contributed by atoms with van der Waals surface area (Å²) in [6, 6.07) is 59.4. The molecular weight excluding hydrogens is 631 g/mol. The third-order valence-corrected chi connectivity index (χ3v) is 11.4. The van der Waals surface area contributed by atoms with E-state index < -0.39 is 0 Å². The van der Waals surface area contributed by atoms with Gasteiger partial charge in [-0.2, -0.15) is 0 Å². The highest BCUT2D eigenvalue weighted by Crippen LogP contribution is 2.49. The van der Waals surface area contributed by atoms with Crippen molar-refractivity contribution in [2.45, 2.75) is 19.3 Å². The number of benzene rings is 8. The molecule has 0 bridgehead atoms. The van der Waals surface area contributed by atoms with Gasteiger partial charge in [0.25, 0.3) is 0 Å². The van der Waals surface area contributed by atoms with Crippen LogP contribution in [-0.4, -0.2) is 14.5 Å². The molecule has 0 atom stereocenters. The zero-order chi connectivity index (χ0) is 34.6. The van der Waals surface area contributed by atoms with Crippen LogP contribution in [0.15, 0.2) is 164 Å². The van der Waals surface area contributed by atoms with Gasteiger partial charge in [0.2, 0.25) is 5.95 Å². The molecule has 10 aromatic rings. The van der Waals surface area contributed by atoms with E-state index in [0.29, 0.717) is 5.95 Å². The Bertz CT molecular complexity index is 3100. The maximum atomic E-state index is 5.49. The Kier molecular flexibility index (Phi) is 6.01. The summed E-state index contributed by atoms with van der Waals surface area (Å²) in [4.78, 5) is 10.8. The normalized spacial score (nSPS) is 13.3. The van der Waals surface area contributed by atoms with E-state index >= 15 is 0 Å². The van der Waals surface area contributed by atoms with E-state index in [2.05, 4.69) is 182 Å². The maximum Gasteiger partial charge on any atom is 0.235 e. The van der Waals surface area contributed by atoms with Gasteiger partial charge in [-0.05, 0) is 91.3 Å². The van der Waals surface area contributed by atoms with Crippen LogP contribution in [0.2, 0.25) is 0 Å². The molecule has 0 radical (unpaired) electrons. The summed E-state index contributed by atoms with van der Waals surface area (Å²) in [5, 5.41) is 8.57. The van der Waals surface area contributed by atoms with Crippen LogP contribution in [0.25, 0.3) is 93.7 Å². The van der Waals surface area contributed by atoms with Gasteiger partial charge < -0.3 is 0 Å². The lowest BCUT2D eigenvalue weighted by Crippen LogP contribution is -2.24. The van der Waals surface area contributed by atoms with E-state index in [9.17, 15) is 0 Å². The van der Waals surface area contributed by atoms with Gasteiger partial charge in [-0.15, -0.1) is 0 Å². The molecule has 1 aliphatic carbocycles. The average Bonchev–Trinajstić information content (AvgIpc) is 3.53. The van der Waals surface area contributed by atoms with Crippen LogP contribution in [0, 0.1) is 0 Å². The summed E-state index contributed by atoms with van der Waals surface area (Å²) in [7, 11) is 0. The molecule has 0 saturated heterocycles. The van der Waals surface area contributed by atoms with Crippen molar-refractivity contribution in [1.82, 2.24) is 14.5 Å². The topological polar surface area (TPSA) is 30.7 Å². The highest BCUT2D eigenvalue weighted by atomic mass is 15.2. The zero-order valence-electron chi connectivity index (χ0n) is 28.9. The van der Waals surface area contributed by atoms with Crippen molar-refractivity contribution in [2.75, 3.05) is 0 Å². The van der Waals surface area contributed by atoms with Gasteiger partial charge in [0.05, 0.1) is 22.2 Å². The van der Waals surface area contributed by atoms with E-state index in [1.807, 2.05) is 0 Å². The smallest absolute Gasteiger partial charge is 0.235 e. The lowest BCUT2D eigenvalue weighted by Gasteiger charge is -2.35. The quantitative estimate of drug-likeness (QED) is 0.176. The van der Waals surface area contributed by atoms with Crippen LogP contribution in [0.4, 0.5) is 0 Å². The molecule has 0 aliphatic heterocycles. The first-order valence-corrected chi connectivity index (χ1v) is 18.0. The lowest BCUT2D eigenvalue weighted by molar-refractivity contribution is 0.644. The van der Waals surface area contributed by atoms with Crippen molar-refractivity contribution in [1.29, 1.82) is 0 Å². The minimum atomic E-state index is -0.215. The Morgan fingerprint density at radius 1 is 0.442 bits per heavy atom. The third-order valence-electron chi connectivity index (χ3n) is 11.4. The standard InChI is InChI=1S/C49H33N3/c1-49(2)41-20-12-21-43-46(41)47(38-25-23-31(29-42(38)49)30-13-4-3-5-14-30)51-48(50-43)52-44-22-11-10-19-37(44)40-28-33(24-26-45(40)52)39-27-32-15-6-7-16-34(32)35-17-8-9-18-36(35)39/h3-29H,1-2H3. The Hall–Kier alpha value is -6.58. The Labute approximate surface area is 301 Å². The Morgan fingerprint density at radius 2 is 1.15 bits per heavy atom. The molecule has 0 unspecified atom stereocenters. The van der Waals surface area contributed by atoms with Crippen molar-refractivity contribution in [3.8, 4) is 39.5 Å². The summed E-state index contributed by atoms with van der Waals surface area (Å²) in [5.74, 6) is 0.688. The number of nitrogens with zero attached hydrogens (tertiary/aromatic N) is 3. The van der Waals surface area contributed by atoms with Gasteiger partial charge >= 0.3 is 0 Å². The van der Waals surface area contributed by atoms with E-state index in [4.69, 9.17) is 9.97 Å². The molecule has 2 heterocycles. The Balaban J connectivity index is 1.15. The van der Waals surface area contributed by atoms with Gasteiger partial charge in [0.15, 0.2) is 0 Å². The lowest BCUT2D eigenvalue weighted by atomic mass is 9.69. The van der Waals surface area contributed by atoms with Crippen molar-refractivity contribution < 1.29 is 0 Å². The minimum Gasteiger partial charge on any atom is -0.278 e. The zero-order valence-corrected chi connectivity index (χ0v) is 28.9. The molecule has 3 heteroatoms. The summed E-state index contributed by atoms with van der Waals surface area (Å²) in [6.07, 6.45) is 0. The number of fused-ring (bicyclic) bond motifs is 8. The predicted octanol–water partition coefficient (Wildman–Crippen LogP) is 12.7. The van der Waals surface area contributed by atoms with Crippen molar-refractivity contribution in [3.63, 3.8) is 0 Å². The predicted molar refractivity (Wildman–Crippen MR) is 217 cm³/mol. The van der Waals surface area contributed by atoms with Crippen molar-refractivity contribution in [3.05, 3.63) is 175 Å². The van der Waals surface area contributed by atoms with E-state index in [1.54, 1.807) is 0 Å². The maximum absolute atomic E-state index is 5.49. The molecule has 0 N–H and O–H groups in total. The molecule has 11 rings (SSSR count). The molecule has 52 heavy (non-hydrogen) atoms. The van der Waals surface area contributed by atoms with Crippen molar-refractivity contribution >= 4 is 54.3 Å². The van der Waals surface area contributed by atoms with E-state index in [1.165, 1.54) is 71.3 Å². The summed E-state index contributed by atoms with van der Waals surface area (Å²) in [6.45, 7) is 4.66. The summed E-state index contributed by atoms with van der Waals surface area (Å²) >= 11 is 0. The Morgan fingerprint density at radius 3 is 2.02 bits per heavy atom. The van der Waals surface area contributed by atoms with Gasteiger partial charge in [0, 0.05) is 27.1 Å². The van der Waals surface area contributed by atoms with Crippen LogP contribution in [-0.2, 0) is 5.41 Å². The van der Waals surface area contributed by atoms with Gasteiger partial charge in [-0.3, -0.25) is 4.57 Å². The van der Waals surface area contributed by atoms with Gasteiger partial charge in [-0.1, -0.05) is 141 Å². The second kappa shape index (κ2) is 10.7. The first kappa shape index (κ1) is 29.2. The molecule has 2 aromatic heterocycles. The fourth-order valence-corrected chi connectivity index (χ4v) is 8.86. The molecule has 0 amide bonds. The molecule has 0 fully saturated rings. The summed E-state index contributed by atoms with van der Waals surface area (Å²) in [5.41, 5.74) is 12.5. The van der Waals surface area contributed by atoms with Crippen LogP contribution >= 0.6 is 0 Å². The SMILES string of the molecule is CC1(C)c2cc(-c3ccccc3)ccc2-c2nc(-n3c4ccccc4c4cc(-c5cc6ccccc6c6ccccc56)ccc43)nc3cccc1c23. The van der Waals surface area contributed by atoms with Crippen LogP contribution in [0.5, 0.6) is 0 Å². The van der Waals surface area contributed by atoms with E-state index in [-0.39, 0.29) is 5.41 Å². The fraction of sp³-hybridized carbons (Fsp3) is 0.0612. The largest absolute Gasteiger partial charge is 0.278 e. The number of aromatic nitrogens is 3.